The Bertz CT molecular complexity index is 400. The molecule has 0 aromatic rings. The third-order valence-electron chi connectivity index (χ3n) is 2.64. The molecule has 0 aromatic carbocycles. The molecule has 0 heterocycles. The zero-order chi connectivity index (χ0) is 12.8. The van der Waals surface area contributed by atoms with E-state index < -0.39 is 12.0 Å². The highest BCUT2D eigenvalue weighted by Gasteiger charge is 2.29. The maximum absolute atomic E-state index is 11.6. The summed E-state index contributed by atoms with van der Waals surface area (Å²) in [6, 6.07) is 0. The highest BCUT2D eigenvalue weighted by molar-refractivity contribution is 5.77. The highest BCUT2D eigenvalue weighted by Crippen LogP contribution is 2.26. The second-order valence-corrected chi connectivity index (χ2v) is 3.67. The Morgan fingerprint density at radius 2 is 2.29 bits per heavy atom. The van der Waals surface area contributed by atoms with Gasteiger partial charge in [0, 0.05) is 7.11 Å². The summed E-state index contributed by atoms with van der Waals surface area (Å²) in [5, 5.41) is 0. The highest BCUT2D eigenvalue weighted by atomic mass is 16.5. The molecular weight excluding hydrogens is 220 g/mol. The lowest BCUT2D eigenvalue weighted by Crippen LogP contribution is -2.28. The molecule has 1 rings (SSSR count). The van der Waals surface area contributed by atoms with Crippen molar-refractivity contribution in [3.05, 3.63) is 29.4 Å². The molecule has 0 radical (unpaired) electrons. The van der Waals surface area contributed by atoms with Gasteiger partial charge in [0.05, 0.1) is 18.1 Å². The summed E-state index contributed by atoms with van der Waals surface area (Å²) in [6.45, 7) is 3.82. The Morgan fingerprint density at radius 3 is 2.82 bits per heavy atom. The SMILES string of the molecule is CCOC(=O)C(C)C1=CC=CC(=C=O)C1OC. The second kappa shape index (κ2) is 6.18. The molecule has 0 bridgehead atoms. The van der Waals surface area contributed by atoms with Crippen LogP contribution in [0.25, 0.3) is 0 Å². The first-order valence-electron chi connectivity index (χ1n) is 5.48. The van der Waals surface area contributed by atoms with Crippen LogP contribution in [0.5, 0.6) is 0 Å². The van der Waals surface area contributed by atoms with Crippen molar-refractivity contribution >= 4 is 11.9 Å². The lowest BCUT2D eigenvalue weighted by atomic mass is 9.88. The lowest BCUT2D eigenvalue weighted by Gasteiger charge is -2.24. The molecule has 0 aliphatic heterocycles. The van der Waals surface area contributed by atoms with E-state index in [4.69, 9.17) is 9.47 Å². The number of carbonyl (C=O) groups excluding carboxylic acids is 2. The van der Waals surface area contributed by atoms with E-state index >= 15 is 0 Å². The topological polar surface area (TPSA) is 52.6 Å². The van der Waals surface area contributed by atoms with Crippen molar-refractivity contribution in [2.75, 3.05) is 13.7 Å². The van der Waals surface area contributed by atoms with E-state index in [0.717, 1.165) is 0 Å². The monoisotopic (exact) mass is 236 g/mol. The molecule has 1 aliphatic carbocycles. The molecule has 0 N–H and O–H groups in total. The predicted octanol–water partition coefficient (Wildman–Crippen LogP) is 1.45. The maximum atomic E-state index is 11.6. The summed E-state index contributed by atoms with van der Waals surface area (Å²) in [6.07, 6.45) is 4.59. The van der Waals surface area contributed by atoms with Crippen LogP contribution in [-0.4, -0.2) is 31.7 Å². The van der Waals surface area contributed by atoms with Gasteiger partial charge in [-0.25, -0.2) is 4.79 Å². The molecular formula is C13H16O4. The number of rotatable bonds is 4. The van der Waals surface area contributed by atoms with Crippen LogP contribution in [0.15, 0.2) is 29.4 Å². The summed E-state index contributed by atoms with van der Waals surface area (Å²) in [5.41, 5.74) is 1.10. The molecule has 4 nitrogen and oxygen atoms in total. The molecule has 0 spiro atoms. The van der Waals surface area contributed by atoms with Gasteiger partial charge in [-0.15, -0.1) is 0 Å². The number of hydrogen-bond acceptors (Lipinski definition) is 4. The van der Waals surface area contributed by atoms with Crippen LogP contribution in [0.2, 0.25) is 0 Å². The van der Waals surface area contributed by atoms with Crippen molar-refractivity contribution in [1.29, 1.82) is 0 Å². The van der Waals surface area contributed by atoms with Gasteiger partial charge in [-0.2, -0.15) is 0 Å². The van der Waals surface area contributed by atoms with Crippen LogP contribution in [-0.2, 0) is 19.1 Å². The average molecular weight is 236 g/mol. The summed E-state index contributed by atoms with van der Waals surface area (Å²) in [4.78, 5) is 22.4. The first kappa shape index (κ1) is 13.4. The summed E-state index contributed by atoms with van der Waals surface area (Å²) in [5.74, 6) is 1.07. The average Bonchev–Trinajstić information content (AvgIpc) is 2.36. The van der Waals surface area contributed by atoms with Crippen LogP contribution in [0.3, 0.4) is 0 Å². The fraction of sp³-hybridized carbons (Fsp3) is 0.462. The normalized spacial score (nSPS) is 20.5. The van der Waals surface area contributed by atoms with E-state index in [0.29, 0.717) is 17.8 Å². The number of esters is 1. The second-order valence-electron chi connectivity index (χ2n) is 3.67. The Kier molecular flexibility index (Phi) is 4.88. The molecule has 0 fully saturated rings. The van der Waals surface area contributed by atoms with Gasteiger partial charge in [-0.05, 0) is 25.5 Å². The quantitative estimate of drug-likeness (QED) is 0.547. The third-order valence-corrected chi connectivity index (χ3v) is 2.64. The minimum absolute atomic E-state index is 0.318. The largest absolute Gasteiger partial charge is 0.466 e. The molecule has 92 valence electrons. The zero-order valence-corrected chi connectivity index (χ0v) is 10.2. The predicted molar refractivity (Wildman–Crippen MR) is 63.0 cm³/mol. The Morgan fingerprint density at radius 1 is 1.59 bits per heavy atom. The van der Waals surface area contributed by atoms with Crippen LogP contribution in [0, 0.1) is 5.92 Å². The molecule has 0 saturated heterocycles. The van der Waals surface area contributed by atoms with Crippen molar-refractivity contribution < 1.29 is 19.1 Å². The maximum Gasteiger partial charge on any atom is 0.312 e. The van der Waals surface area contributed by atoms with Crippen LogP contribution >= 0.6 is 0 Å². The first-order chi connectivity index (χ1) is 8.15. The van der Waals surface area contributed by atoms with E-state index in [1.54, 1.807) is 32.1 Å². The number of hydrogen-bond donors (Lipinski definition) is 0. The fourth-order valence-corrected chi connectivity index (χ4v) is 1.74. The fourth-order valence-electron chi connectivity index (χ4n) is 1.74. The Balaban J connectivity index is 2.95. The van der Waals surface area contributed by atoms with Gasteiger partial charge >= 0.3 is 5.97 Å². The smallest absolute Gasteiger partial charge is 0.312 e. The summed E-state index contributed by atoms with van der Waals surface area (Å²) < 4.78 is 10.2. The summed E-state index contributed by atoms with van der Waals surface area (Å²) in [7, 11) is 1.49. The molecule has 0 amide bonds. The van der Waals surface area contributed by atoms with Gasteiger partial charge in [-0.3, -0.25) is 4.79 Å². The van der Waals surface area contributed by atoms with Crippen molar-refractivity contribution in [1.82, 2.24) is 0 Å². The molecule has 4 heteroatoms. The van der Waals surface area contributed by atoms with Crippen molar-refractivity contribution in [2.24, 2.45) is 5.92 Å². The number of ether oxygens (including phenoxy) is 2. The van der Waals surface area contributed by atoms with Gasteiger partial charge < -0.3 is 9.47 Å². The van der Waals surface area contributed by atoms with Crippen LogP contribution in [0.4, 0.5) is 0 Å². The molecule has 1 aliphatic rings. The summed E-state index contributed by atoms with van der Waals surface area (Å²) >= 11 is 0. The van der Waals surface area contributed by atoms with Crippen molar-refractivity contribution in [2.45, 2.75) is 20.0 Å². The van der Waals surface area contributed by atoms with Gasteiger partial charge in [0.2, 0.25) is 0 Å². The standard InChI is InChI=1S/C13H16O4/c1-4-17-13(15)9(2)11-7-5-6-10(8-14)12(11)16-3/h5-7,9,12H,4H2,1-3H3. The molecule has 17 heavy (non-hydrogen) atoms. The van der Waals surface area contributed by atoms with Crippen molar-refractivity contribution in [3.63, 3.8) is 0 Å². The van der Waals surface area contributed by atoms with E-state index in [2.05, 4.69) is 0 Å². The minimum Gasteiger partial charge on any atom is -0.466 e. The molecule has 0 aromatic heterocycles. The zero-order valence-electron chi connectivity index (χ0n) is 10.2. The van der Waals surface area contributed by atoms with Gasteiger partial charge in [-0.1, -0.05) is 12.2 Å². The number of allylic oxidation sites excluding steroid dienone is 2. The number of carbonyl (C=O) groups is 1. The van der Waals surface area contributed by atoms with Gasteiger partial charge in [0.1, 0.15) is 12.0 Å². The van der Waals surface area contributed by atoms with E-state index in [-0.39, 0.29) is 5.97 Å². The molecule has 2 unspecified atom stereocenters. The minimum atomic E-state index is -0.517. The van der Waals surface area contributed by atoms with Crippen LogP contribution in [0.1, 0.15) is 13.8 Å². The molecule has 2 atom stereocenters. The van der Waals surface area contributed by atoms with Crippen LogP contribution < -0.4 is 0 Å². The molecule has 0 saturated carbocycles. The Hall–Kier alpha value is -1.64. The third kappa shape index (κ3) is 2.93. The number of methoxy groups -OCH3 is 1. The van der Waals surface area contributed by atoms with Gasteiger partial charge in [0.25, 0.3) is 0 Å². The lowest BCUT2D eigenvalue weighted by molar-refractivity contribution is -0.146. The van der Waals surface area contributed by atoms with Crippen molar-refractivity contribution in [3.8, 4) is 0 Å². The Labute approximate surface area is 101 Å². The van der Waals surface area contributed by atoms with E-state index in [9.17, 15) is 9.59 Å². The first-order valence-corrected chi connectivity index (χ1v) is 5.48. The van der Waals surface area contributed by atoms with E-state index in [1.807, 2.05) is 5.94 Å². The van der Waals surface area contributed by atoms with E-state index in [1.165, 1.54) is 7.11 Å². The van der Waals surface area contributed by atoms with Gasteiger partial charge in [0.15, 0.2) is 0 Å².